The van der Waals surface area contributed by atoms with E-state index in [9.17, 15) is 18.0 Å². The molecule has 0 spiro atoms. The number of rotatable bonds is 6. The monoisotopic (exact) mass is 371 g/mol. The topological polar surface area (TPSA) is 38.3 Å². The number of alkyl halides is 3. The minimum absolute atomic E-state index is 0.00335. The first kappa shape index (κ1) is 19.1. The van der Waals surface area contributed by atoms with E-state index in [4.69, 9.17) is 16.3 Å². The molecule has 1 amide bonds. The highest BCUT2D eigenvalue weighted by Gasteiger charge is 2.33. The Kier molecular flexibility index (Phi) is 6.31. The van der Waals surface area contributed by atoms with Gasteiger partial charge in [0.25, 0.3) is 5.91 Å². The molecule has 2 aromatic carbocycles. The van der Waals surface area contributed by atoms with Crippen LogP contribution in [0.25, 0.3) is 0 Å². The summed E-state index contributed by atoms with van der Waals surface area (Å²) in [6.45, 7) is 1.77. The summed E-state index contributed by atoms with van der Waals surface area (Å²) in [6.07, 6.45) is -2.60. The number of anilines is 1. The highest BCUT2D eigenvalue weighted by Crippen LogP contribution is 2.36. The summed E-state index contributed by atoms with van der Waals surface area (Å²) >= 11 is 5.54. The smallest absolute Gasteiger partial charge is 0.417 e. The zero-order valence-corrected chi connectivity index (χ0v) is 14.2. The van der Waals surface area contributed by atoms with Gasteiger partial charge < -0.3 is 10.1 Å². The molecule has 3 nitrogen and oxygen atoms in total. The van der Waals surface area contributed by atoms with Crippen molar-refractivity contribution in [1.29, 1.82) is 0 Å². The van der Waals surface area contributed by atoms with Crippen LogP contribution < -0.4 is 10.1 Å². The lowest BCUT2D eigenvalue weighted by Crippen LogP contribution is -2.20. The van der Waals surface area contributed by atoms with Crippen LogP contribution >= 0.6 is 11.6 Å². The lowest BCUT2D eigenvalue weighted by Gasteiger charge is -2.12. The Morgan fingerprint density at radius 2 is 1.84 bits per heavy atom. The second-order valence-corrected chi connectivity index (χ2v) is 5.83. The van der Waals surface area contributed by atoms with Crippen molar-refractivity contribution in [2.75, 3.05) is 11.9 Å². The van der Waals surface area contributed by atoms with E-state index < -0.39 is 22.7 Å². The molecule has 0 aliphatic rings. The molecule has 0 unspecified atom stereocenters. The number of amides is 1. The van der Waals surface area contributed by atoms with Gasteiger partial charge in [-0.15, -0.1) is 0 Å². The summed E-state index contributed by atoms with van der Waals surface area (Å²) in [5.41, 5.74) is 0.170. The van der Waals surface area contributed by atoms with Crippen LogP contribution in [0.15, 0.2) is 42.5 Å². The first-order valence-corrected chi connectivity index (χ1v) is 8.05. The molecule has 25 heavy (non-hydrogen) atoms. The minimum atomic E-state index is -4.59. The molecule has 0 atom stereocenters. The molecule has 0 aliphatic heterocycles. The van der Waals surface area contributed by atoms with Crippen LogP contribution in [0.4, 0.5) is 18.9 Å². The Morgan fingerprint density at radius 1 is 1.16 bits per heavy atom. The van der Waals surface area contributed by atoms with Crippen molar-refractivity contribution in [3.8, 4) is 5.75 Å². The molecule has 7 heteroatoms. The molecule has 2 rings (SSSR count). The fourth-order valence-electron chi connectivity index (χ4n) is 2.21. The molecule has 0 radical (unpaired) electrons. The Hall–Kier alpha value is -2.21. The van der Waals surface area contributed by atoms with Crippen LogP contribution in [0.1, 0.15) is 24.5 Å². The highest BCUT2D eigenvalue weighted by atomic mass is 35.5. The van der Waals surface area contributed by atoms with Crippen molar-refractivity contribution < 1.29 is 22.7 Å². The summed E-state index contributed by atoms with van der Waals surface area (Å²) in [5, 5.41) is 1.94. The van der Waals surface area contributed by atoms with Gasteiger partial charge in [-0.05, 0) is 42.3 Å². The molecule has 0 aliphatic carbocycles. The molecule has 0 fully saturated rings. The molecule has 0 saturated heterocycles. The maximum Gasteiger partial charge on any atom is 0.417 e. The van der Waals surface area contributed by atoms with E-state index in [-0.39, 0.29) is 12.3 Å². The van der Waals surface area contributed by atoms with Gasteiger partial charge >= 0.3 is 6.18 Å². The number of nitrogens with one attached hydrogen (secondary N) is 1. The summed E-state index contributed by atoms with van der Waals surface area (Å²) in [6, 6.07) is 10.5. The normalized spacial score (nSPS) is 11.2. The van der Waals surface area contributed by atoms with Gasteiger partial charge in [0, 0.05) is 5.69 Å². The Balaban J connectivity index is 1.94. The molecule has 134 valence electrons. The summed E-state index contributed by atoms with van der Waals surface area (Å²) in [4.78, 5) is 11.9. The van der Waals surface area contributed by atoms with E-state index in [0.29, 0.717) is 5.75 Å². The predicted molar refractivity (Wildman–Crippen MR) is 91.0 cm³/mol. The lowest BCUT2D eigenvalue weighted by molar-refractivity contribution is -0.137. The summed E-state index contributed by atoms with van der Waals surface area (Å²) in [5.74, 6) is -0.0461. The van der Waals surface area contributed by atoms with Gasteiger partial charge in [-0.25, -0.2) is 0 Å². The van der Waals surface area contributed by atoms with Crippen LogP contribution in [0.2, 0.25) is 5.02 Å². The molecule has 0 aromatic heterocycles. The predicted octanol–water partition coefficient (Wildman–Crippen LogP) is 5.33. The molecular weight excluding hydrogens is 355 g/mol. The number of benzene rings is 2. The molecular formula is C18H17ClF3NO2. The number of hydrogen-bond donors (Lipinski definition) is 1. The van der Waals surface area contributed by atoms with E-state index in [1.54, 1.807) is 12.1 Å². The zero-order valence-electron chi connectivity index (χ0n) is 13.5. The quantitative estimate of drug-likeness (QED) is 0.745. The van der Waals surface area contributed by atoms with Gasteiger partial charge in [0.15, 0.2) is 6.61 Å². The van der Waals surface area contributed by atoms with E-state index in [0.717, 1.165) is 25.0 Å². The van der Waals surface area contributed by atoms with Crippen LogP contribution in [0, 0.1) is 0 Å². The van der Waals surface area contributed by atoms with Crippen LogP contribution in [-0.4, -0.2) is 12.5 Å². The van der Waals surface area contributed by atoms with Crippen molar-refractivity contribution in [3.63, 3.8) is 0 Å². The van der Waals surface area contributed by atoms with Crippen molar-refractivity contribution in [2.24, 2.45) is 0 Å². The van der Waals surface area contributed by atoms with Crippen LogP contribution in [0.5, 0.6) is 5.75 Å². The number of hydrogen-bond acceptors (Lipinski definition) is 2. The van der Waals surface area contributed by atoms with Crippen molar-refractivity contribution in [1.82, 2.24) is 0 Å². The number of ether oxygens (including phenoxy) is 1. The third-order valence-electron chi connectivity index (χ3n) is 3.39. The number of carbonyl (C=O) groups excluding carboxylic acids is 1. The summed E-state index contributed by atoms with van der Waals surface area (Å²) in [7, 11) is 0. The van der Waals surface area contributed by atoms with E-state index in [1.165, 1.54) is 11.6 Å². The van der Waals surface area contributed by atoms with E-state index in [2.05, 4.69) is 12.2 Å². The average molecular weight is 372 g/mol. The molecule has 0 heterocycles. The number of aryl methyl sites for hydroxylation is 1. The second-order valence-electron chi connectivity index (χ2n) is 5.42. The fourth-order valence-corrected chi connectivity index (χ4v) is 2.43. The molecule has 0 bridgehead atoms. The minimum Gasteiger partial charge on any atom is -0.484 e. The van der Waals surface area contributed by atoms with Crippen LogP contribution in [-0.2, 0) is 17.4 Å². The van der Waals surface area contributed by atoms with Gasteiger partial charge in [-0.2, -0.15) is 13.2 Å². The third kappa shape index (κ3) is 5.67. The van der Waals surface area contributed by atoms with Crippen molar-refractivity contribution >= 4 is 23.2 Å². The molecule has 0 saturated carbocycles. The van der Waals surface area contributed by atoms with Crippen molar-refractivity contribution in [3.05, 3.63) is 58.6 Å². The Morgan fingerprint density at radius 3 is 2.44 bits per heavy atom. The van der Waals surface area contributed by atoms with E-state index >= 15 is 0 Å². The van der Waals surface area contributed by atoms with E-state index in [1.807, 2.05) is 12.1 Å². The average Bonchev–Trinajstić information content (AvgIpc) is 2.55. The Labute approximate surface area is 148 Å². The number of carbonyl (C=O) groups is 1. The van der Waals surface area contributed by atoms with Gasteiger partial charge in [0.1, 0.15) is 5.75 Å². The SMILES string of the molecule is CCCc1ccc(OCC(=O)Nc2ccc(Cl)c(C(F)(F)F)c2)cc1. The van der Waals surface area contributed by atoms with Gasteiger partial charge in [0.2, 0.25) is 0 Å². The van der Waals surface area contributed by atoms with Gasteiger partial charge in [-0.3, -0.25) is 4.79 Å². The van der Waals surface area contributed by atoms with Gasteiger partial charge in [0.05, 0.1) is 10.6 Å². The fraction of sp³-hybridized carbons (Fsp3) is 0.278. The third-order valence-corrected chi connectivity index (χ3v) is 3.72. The van der Waals surface area contributed by atoms with Gasteiger partial charge in [-0.1, -0.05) is 37.1 Å². The van der Waals surface area contributed by atoms with Crippen molar-refractivity contribution in [2.45, 2.75) is 25.9 Å². The molecule has 2 aromatic rings. The Bertz CT molecular complexity index is 730. The standard InChI is InChI=1S/C18H17ClF3NO2/c1-2-3-12-4-7-14(8-5-12)25-11-17(24)23-13-6-9-16(19)15(10-13)18(20,21)22/h4-10H,2-3,11H2,1H3,(H,23,24). The maximum absolute atomic E-state index is 12.8. The largest absolute Gasteiger partial charge is 0.484 e. The van der Waals surface area contributed by atoms with Crippen LogP contribution in [0.3, 0.4) is 0 Å². The maximum atomic E-state index is 12.8. The summed E-state index contributed by atoms with van der Waals surface area (Å²) < 4.78 is 43.7. The first-order chi connectivity index (χ1) is 11.8. The molecule has 1 N–H and O–H groups in total. The number of halogens is 4. The zero-order chi connectivity index (χ0) is 18.4. The highest BCUT2D eigenvalue weighted by molar-refractivity contribution is 6.31. The first-order valence-electron chi connectivity index (χ1n) is 7.68. The second kappa shape index (κ2) is 8.25. The lowest BCUT2D eigenvalue weighted by atomic mass is 10.1.